The van der Waals surface area contributed by atoms with Crippen molar-refractivity contribution in [1.29, 1.82) is 0 Å². The zero-order valence-electron chi connectivity index (χ0n) is 13.6. The molecule has 1 aliphatic rings. The van der Waals surface area contributed by atoms with E-state index in [0.717, 1.165) is 36.3 Å². The zero-order chi connectivity index (χ0) is 18.4. The molecule has 3 N–H and O–H groups in total. The second-order valence-corrected chi connectivity index (χ2v) is 5.52. The molecule has 0 radical (unpaired) electrons. The van der Waals surface area contributed by atoms with Crippen LogP contribution in [0.4, 0.5) is 10.1 Å². The third-order valence-electron chi connectivity index (χ3n) is 3.68. The Morgan fingerprint density at radius 3 is 2.60 bits per heavy atom. The lowest BCUT2D eigenvalue weighted by atomic mass is 10.1. The summed E-state index contributed by atoms with van der Waals surface area (Å²) in [7, 11) is 0. The summed E-state index contributed by atoms with van der Waals surface area (Å²) in [5.74, 6) is -2.72. The van der Waals surface area contributed by atoms with Crippen molar-refractivity contribution in [3.63, 3.8) is 0 Å². The van der Waals surface area contributed by atoms with E-state index in [-0.39, 0.29) is 5.82 Å². The van der Waals surface area contributed by atoms with E-state index in [1.807, 2.05) is 0 Å². The number of anilines is 1. The molecule has 1 atom stereocenters. The predicted octanol–water partition coefficient (Wildman–Crippen LogP) is 2.08. The number of aliphatic carboxylic acids is 2. The van der Waals surface area contributed by atoms with Crippen molar-refractivity contribution in [3.05, 3.63) is 42.4 Å². The van der Waals surface area contributed by atoms with E-state index >= 15 is 0 Å². The van der Waals surface area contributed by atoms with Crippen LogP contribution in [0.2, 0.25) is 0 Å². The molecule has 0 amide bonds. The minimum Gasteiger partial charge on any atom is -0.478 e. The molecule has 2 heterocycles. The molecule has 0 saturated carbocycles. The number of piperazine rings is 1. The Hall–Kier alpha value is -2.87. The SMILES string of the molecule is C[C@H]1CNCCN1c1cc(F)cc2ccoc12.O=C(O)/C=C/C(=O)O. The topological polar surface area (TPSA) is 103 Å². The van der Waals surface area contributed by atoms with Crippen LogP contribution in [0.3, 0.4) is 0 Å². The lowest BCUT2D eigenvalue weighted by Gasteiger charge is -2.35. The van der Waals surface area contributed by atoms with Gasteiger partial charge in [0.1, 0.15) is 5.82 Å². The summed E-state index contributed by atoms with van der Waals surface area (Å²) in [5, 5.41) is 19.8. The molecule has 1 aromatic heterocycles. The summed E-state index contributed by atoms with van der Waals surface area (Å²) < 4.78 is 19.0. The third-order valence-corrected chi connectivity index (χ3v) is 3.68. The van der Waals surface area contributed by atoms with Crippen LogP contribution in [0.15, 0.2) is 41.0 Å². The molecule has 1 aliphatic heterocycles. The fraction of sp³-hybridized carbons (Fsp3) is 0.294. The number of fused-ring (bicyclic) bond motifs is 1. The molecule has 0 aliphatic carbocycles. The molecule has 1 saturated heterocycles. The van der Waals surface area contributed by atoms with E-state index in [1.165, 1.54) is 6.07 Å². The van der Waals surface area contributed by atoms with Gasteiger partial charge in [0.25, 0.3) is 0 Å². The Bertz CT molecular complexity index is 770. The highest BCUT2D eigenvalue weighted by atomic mass is 19.1. The number of nitrogens with zero attached hydrogens (tertiary/aromatic N) is 1. The zero-order valence-corrected chi connectivity index (χ0v) is 13.6. The van der Waals surface area contributed by atoms with E-state index < -0.39 is 11.9 Å². The molecule has 25 heavy (non-hydrogen) atoms. The van der Waals surface area contributed by atoms with Crippen LogP contribution in [0, 0.1) is 5.82 Å². The first kappa shape index (κ1) is 18.5. The molecule has 0 spiro atoms. The molecule has 7 nitrogen and oxygen atoms in total. The summed E-state index contributed by atoms with van der Waals surface area (Å²) in [5.41, 5.74) is 1.64. The molecule has 1 aromatic carbocycles. The first-order chi connectivity index (χ1) is 11.9. The van der Waals surface area contributed by atoms with Crippen LogP contribution in [-0.2, 0) is 9.59 Å². The van der Waals surface area contributed by atoms with Gasteiger partial charge in [-0.2, -0.15) is 0 Å². The van der Waals surface area contributed by atoms with Gasteiger partial charge in [0.05, 0.1) is 12.0 Å². The summed E-state index contributed by atoms with van der Waals surface area (Å²) in [4.78, 5) is 21.3. The van der Waals surface area contributed by atoms with Gasteiger partial charge < -0.3 is 24.8 Å². The van der Waals surface area contributed by atoms with Crippen molar-refractivity contribution in [2.45, 2.75) is 13.0 Å². The lowest BCUT2D eigenvalue weighted by Crippen LogP contribution is -2.50. The lowest BCUT2D eigenvalue weighted by molar-refractivity contribution is -0.134. The monoisotopic (exact) mass is 350 g/mol. The van der Waals surface area contributed by atoms with Crippen LogP contribution in [-0.4, -0.2) is 47.8 Å². The number of hydrogen-bond acceptors (Lipinski definition) is 5. The number of rotatable bonds is 3. The first-order valence-corrected chi connectivity index (χ1v) is 7.66. The largest absolute Gasteiger partial charge is 0.478 e. The van der Waals surface area contributed by atoms with Gasteiger partial charge in [-0.1, -0.05) is 0 Å². The summed E-state index contributed by atoms with van der Waals surface area (Å²) in [6.07, 6.45) is 2.73. The Labute approximate surface area is 143 Å². The second kappa shape index (κ2) is 8.29. The Morgan fingerprint density at radius 2 is 2.00 bits per heavy atom. The molecule has 8 heteroatoms. The molecule has 3 rings (SSSR count). The maximum absolute atomic E-state index is 13.6. The van der Waals surface area contributed by atoms with Crippen LogP contribution in [0.1, 0.15) is 6.92 Å². The van der Waals surface area contributed by atoms with Gasteiger partial charge in [-0.3, -0.25) is 0 Å². The molecular weight excluding hydrogens is 331 g/mol. The third kappa shape index (κ3) is 5.05. The van der Waals surface area contributed by atoms with Gasteiger partial charge in [0.15, 0.2) is 5.58 Å². The van der Waals surface area contributed by atoms with Crippen LogP contribution >= 0.6 is 0 Å². The van der Waals surface area contributed by atoms with Gasteiger partial charge in [-0.15, -0.1) is 0 Å². The summed E-state index contributed by atoms with van der Waals surface area (Å²) in [6.45, 7) is 4.84. The fourth-order valence-corrected chi connectivity index (χ4v) is 2.58. The minimum atomic E-state index is -1.26. The number of carboxylic acids is 2. The molecule has 134 valence electrons. The highest BCUT2D eigenvalue weighted by molar-refractivity contribution is 5.90. The van der Waals surface area contributed by atoms with Crippen molar-refractivity contribution in [2.75, 3.05) is 24.5 Å². The normalized spacial score (nSPS) is 17.4. The summed E-state index contributed by atoms with van der Waals surface area (Å²) >= 11 is 0. The predicted molar refractivity (Wildman–Crippen MR) is 90.3 cm³/mol. The van der Waals surface area contributed by atoms with E-state index in [2.05, 4.69) is 17.1 Å². The Balaban J connectivity index is 0.000000242. The number of carbonyl (C=O) groups is 2. The number of carboxylic acid groups (broad SMARTS) is 2. The number of hydrogen-bond donors (Lipinski definition) is 3. The number of furan rings is 1. The van der Waals surface area contributed by atoms with Crippen molar-refractivity contribution in [3.8, 4) is 0 Å². The van der Waals surface area contributed by atoms with Gasteiger partial charge in [-0.25, -0.2) is 14.0 Å². The van der Waals surface area contributed by atoms with Crippen LogP contribution in [0.25, 0.3) is 11.0 Å². The highest BCUT2D eigenvalue weighted by Gasteiger charge is 2.21. The van der Waals surface area contributed by atoms with E-state index in [4.69, 9.17) is 14.6 Å². The molecule has 0 unspecified atom stereocenters. The molecule has 0 bridgehead atoms. The number of halogens is 1. The average molecular weight is 350 g/mol. The first-order valence-electron chi connectivity index (χ1n) is 7.66. The number of nitrogens with one attached hydrogen (secondary N) is 1. The van der Waals surface area contributed by atoms with Gasteiger partial charge in [-0.05, 0) is 19.1 Å². The van der Waals surface area contributed by atoms with Gasteiger partial charge >= 0.3 is 11.9 Å². The Kier molecular flexibility index (Phi) is 6.13. The van der Waals surface area contributed by atoms with Crippen LogP contribution < -0.4 is 10.2 Å². The summed E-state index contributed by atoms with van der Waals surface area (Å²) in [6, 6.07) is 5.22. The van der Waals surface area contributed by atoms with Crippen molar-refractivity contribution in [2.24, 2.45) is 0 Å². The van der Waals surface area contributed by atoms with Crippen molar-refractivity contribution in [1.82, 2.24) is 5.32 Å². The smallest absolute Gasteiger partial charge is 0.328 e. The standard InChI is InChI=1S/C13H15FN2O.C4H4O4/c1-9-8-15-3-4-16(9)12-7-11(14)6-10-2-5-17-13(10)12;5-3(6)1-2-4(7)8/h2,5-7,9,15H,3-4,8H2,1H3;1-2H,(H,5,6)(H,7,8)/b;2-1+/t9-;/m0./s1. The average Bonchev–Trinajstić information content (AvgIpc) is 3.01. The molecule has 2 aromatic rings. The highest BCUT2D eigenvalue weighted by Crippen LogP contribution is 2.30. The second-order valence-electron chi connectivity index (χ2n) is 5.52. The Morgan fingerprint density at radius 1 is 1.32 bits per heavy atom. The van der Waals surface area contributed by atoms with Gasteiger partial charge in [0, 0.05) is 49.3 Å². The quantitative estimate of drug-likeness (QED) is 0.728. The van der Waals surface area contributed by atoms with Crippen molar-refractivity contribution < 1.29 is 28.6 Å². The molecule has 1 fully saturated rings. The maximum atomic E-state index is 13.6. The van der Waals surface area contributed by atoms with E-state index in [1.54, 1.807) is 18.4 Å². The fourth-order valence-electron chi connectivity index (χ4n) is 2.58. The van der Waals surface area contributed by atoms with E-state index in [0.29, 0.717) is 18.2 Å². The van der Waals surface area contributed by atoms with E-state index in [9.17, 15) is 14.0 Å². The number of benzene rings is 1. The van der Waals surface area contributed by atoms with Gasteiger partial charge in [0.2, 0.25) is 0 Å². The van der Waals surface area contributed by atoms with Crippen molar-refractivity contribution >= 4 is 28.6 Å². The maximum Gasteiger partial charge on any atom is 0.328 e. The molecular formula is C17H19FN2O5. The minimum absolute atomic E-state index is 0.209. The van der Waals surface area contributed by atoms with Crippen LogP contribution in [0.5, 0.6) is 0 Å².